The first-order valence-corrected chi connectivity index (χ1v) is 16.3. The molecule has 0 aromatic rings. The van der Waals surface area contributed by atoms with E-state index in [0.717, 1.165) is 6.04 Å². The summed E-state index contributed by atoms with van der Waals surface area (Å²) in [5.41, 5.74) is 1.37. The third kappa shape index (κ3) is 16.7. The van der Waals surface area contributed by atoms with E-state index in [2.05, 4.69) is 106 Å². The highest BCUT2D eigenvalue weighted by molar-refractivity contribution is 4.88. The second kappa shape index (κ2) is 15.8. The van der Waals surface area contributed by atoms with E-state index in [4.69, 9.17) is 0 Å². The predicted molar refractivity (Wildman–Crippen MR) is 172 cm³/mol. The number of likely N-dealkylation sites (N-methyl/N-ethyl adjacent to an activating group) is 2. The van der Waals surface area contributed by atoms with Gasteiger partial charge in [-0.15, -0.1) is 0 Å². The lowest BCUT2D eigenvalue weighted by molar-refractivity contribution is 0.0980. The molecular formula is C33H70N6. The van der Waals surface area contributed by atoms with Gasteiger partial charge in [0.1, 0.15) is 0 Å². The number of hydrogen-bond donors (Lipinski definition) is 0. The average molecular weight is 551 g/mol. The highest BCUT2D eigenvalue weighted by Gasteiger charge is 2.31. The molecule has 0 atom stereocenters. The van der Waals surface area contributed by atoms with Crippen molar-refractivity contribution in [2.45, 2.75) is 88.1 Å². The lowest BCUT2D eigenvalue weighted by Gasteiger charge is -2.37. The van der Waals surface area contributed by atoms with Crippen molar-refractivity contribution in [1.29, 1.82) is 0 Å². The summed E-state index contributed by atoms with van der Waals surface area (Å²) < 4.78 is 0. The standard InChI is InChI=1S/C12H24N2.C11H24N2.C10H22N2/c1-12(2,3)10-13-6-8-14(9-7-13)11-4-5-11;1-5-12-6-8-13(9-7-12)10-11(2,3)4;1-10(2,3)9-12-7-5-11(4)6-8-12/h11H,4-10H2,1-3H3;5-10H2,1-4H3;5-9H2,1-4H3. The number of nitrogens with zero attached hydrogens (tertiary/aromatic N) is 6. The van der Waals surface area contributed by atoms with Gasteiger partial charge in [-0.1, -0.05) is 69.2 Å². The van der Waals surface area contributed by atoms with Crippen molar-refractivity contribution in [2.75, 3.05) is 112 Å². The summed E-state index contributed by atoms with van der Waals surface area (Å²) in [5, 5.41) is 0. The molecule has 0 aromatic heterocycles. The highest BCUT2D eigenvalue weighted by Crippen LogP contribution is 2.28. The number of piperazine rings is 3. The molecule has 6 nitrogen and oxygen atoms in total. The first-order valence-electron chi connectivity index (χ1n) is 16.3. The van der Waals surface area contributed by atoms with Crippen molar-refractivity contribution in [2.24, 2.45) is 16.2 Å². The fourth-order valence-corrected chi connectivity index (χ4v) is 6.01. The van der Waals surface area contributed by atoms with Gasteiger partial charge in [0.05, 0.1) is 0 Å². The SMILES string of the molecule is CC(C)(C)CN1CCN(C2CC2)CC1.CCN1CCN(CC(C)(C)C)CC1.CN1CCN(CC(C)(C)C)CC1. The molecule has 1 saturated carbocycles. The van der Waals surface area contributed by atoms with Crippen LogP contribution in [0.15, 0.2) is 0 Å². The summed E-state index contributed by atoms with van der Waals surface area (Å²) in [7, 11) is 2.20. The molecule has 232 valence electrons. The van der Waals surface area contributed by atoms with Gasteiger partial charge >= 0.3 is 0 Å². The molecule has 0 N–H and O–H groups in total. The summed E-state index contributed by atoms with van der Waals surface area (Å²) in [4.78, 5) is 15.4. The van der Waals surface area contributed by atoms with Crippen LogP contribution in [0.2, 0.25) is 0 Å². The van der Waals surface area contributed by atoms with Crippen LogP contribution in [0.1, 0.15) is 82.1 Å². The Kier molecular flexibility index (Phi) is 14.2. The Bertz CT molecular complexity index is 633. The van der Waals surface area contributed by atoms with Crippen molar-refractivity contribution >= 4 is 0 Å². The van der Waals surface area contributed by atoms with E-state index in [9.17, 15) is 0 Å². The molecule has 4 fully saturated rings. The van der Waals surface area contributed by atoms with Gasteiger partial charge in [0, 0.05) is 104 Å². The minimum Gasteiger partial charge on any atom is -0.304 e. The van der Waals surface area contributed by atoms with Crippen LogP contribution in [0.3, 0.4) is 0 Å². The molecule has 0 bridgehead atoms. The van der Waals surface area contributed by atoms with Gasteiger partial charge in [-0.25, -0.2) is 0 Å². The van der Waals surface area contributed by atoms with Gasteiger partial charge in [0.15, 0.2) is 0 Å². The molecule has 3 aliphatic heterocycles. The molecule has 3 heterocycles. The van der Waals surface area contributed by atoms with E-state index in [-0.39, 0.29) is 0 Å². The monoisotopic (exact) mass is 551 g/mol. The van der Waals surface area contributed by atoms with Crippen molar-refractivity contribution in [1.82, 2.24) is 29.4 Å². The molecule has 0 spiro atoms. The molecule has 6 heteroatoms. The van der Waals surface area contributed by atoms with E-state index in [1.165, 1.54) is 118 Å². The molecule has 0 unspecified atom stereocenters. The molecule has 0 amide bonds. The van der Waals surface area contributed by atoms with Crippen molar-refractivity contribution in [3.05, 3.63) is 0 Å². The van der Waals surface area contributed by atoms with E-state index >= 15 is 0 Å². The zero-order valence-electron chi connectivity index (χ0n) is 28.5. The van der Waals surface area contributed by atoms with Crippen LogP contribution in [0.4, 0.5) is 0 Å². The number of rotatable bonds is 5. The van der Waals surface area contributed by atoms with Crippen molar-refractivity contribution < 1.29 is 0 Å². The third-order valence-electron chi connectivity index (χ3n) is 8.07. The zero-order valence-corrected chi connectivity index (χ0v) is 28.5. The van der Waals surface area contributed by atoms with Gasteiger partial charge in [-0.05, 0) is 42.7 Å². The van der Waals surface area contributed by atoms with E-state index < -0.39 is 0 Å². The van der Waals surface area contributed by atoms with Gasteiger partial charge in [0.25, 0.3) is 0 Å². The summed E-state index contributed by atoms with van der Waals surface area (Å²) in [6.07, 6.45) is 2.92. The first-order chi connectivity index (χ1) is 18.0. The average Bonchev–Trinajstić information content (AvgIpc) is 3.65. The Hall–Kier alpha value is -0.240. The van der Waals surface area contributed by atoms with Crippen LogP contribution >= 0.6 is 0 Å². The fourth-order valence-electron chi connectivity index (χ4n) is 6.01. The highest BCUT2D eigenvalue weighted by atomic mass is 15.3. The first kappa shape index (κ1) is 35.0. The van der Waals surface area contributed by atoms with Crippen LogP contribution < -0.4 is 0 Å². The minimum atomic E-state index is 0.453. The second-order valence-electron chi connectivity index (χ2n) is 16.5. The van der Waals surface area contributed by atoms with Crippen LogP contribution in [0.5, 0.6) is 0 Å². The Morgan fingerprint density at radius 1 is 0.462 bits per heavy atom. The van der Waals surface area contributed by atoms with Crippen LogP contribution in [-0.2, 0) is 0 Å². The Morgan fingerprint density at radius 2 is 0.769 bits per heavy atom. The van der Waals surface area contributed by atoms with E-state index in [0.29, 0.717) is 16.2 Å². The maximum atomic E-state index is 2.68. The Balaban J connectivity index is 0.000000206. The fraction of sp³-hybridized carbons (Fsp3) is 1.00. The smallest absolute Gasteiger partial charge is 0.0113 e. The summed E-state index contributed by atoms with van der Waals surface area (Å²) in [5.74, 6) is 0. The maximum Gasteiger partial charge on any atom is 0.0113 e. The topological polar surface area (TPSA) is 19.4 Å². The largest absolute Gasteiger partial charge is 0.304 e. The molecule has 1 aliphatic carbocycles. The quantitative estimate of drug-likeness (QED) is 0.488. The van der Waals surface area contributed by atoms with E-state index in [1.807, 2.05) is 0 Å². The summed E-state index contributed by atoms with van der Waals surface area (Å²) >= 11 is 0. The maximum absolute atomic E-state index is 2.68. The second-order valence-corrected chi connectivity index (χ2v) is 16.5. The van der Waals surface area contributed by atoms with Gasteiger partial charge in [-0.3, -0.25) is 4.90 Å². The summed E-state index contributed by atoms with van der Waals surface area (Å²) in [6.45, 7) is 43.2. The van der Waals surface area contributed by atoms with Crippen LogP contribution in [-0.4, -0.2) is 147 Å². The number of hydrogen-bond acceptors (Lipinski definition) is 6. The molecule has 39 heavy (non-hydrogen) atoms. The lowest BCUT2D eigenvalue weighted by atomic mass is 9.96. The van der Waals surface area contributed by atoms with Crippen LogP contribution in [0.25, 0.3) is 0 Å². The molecular weight excluding hydrogens is 480 g/mol. The van der Waals surface area contributed by atoms with Crippen molar-refractivity contribution in [3.63, 3.8) is 0 Å². The van der Waals surface area contributed by atoms with Gasteiger partial charge in [0.2, 0.25) is 0 Å². The molecule has 4 rings (SSSR count). The van der Waals surface area contributed by atoms with Crippen molar-refractivity contribution in [3.8, 4) is 0 Å². The molecule has 0 radical (unpaired) electrons. The summed E-state index contributed by atoms with van der Waals surface area (Å²) in [6, 6.07) is 0.965. The molecule has 3 saturated heterocycles. The van der Waals surface area contributed by atoms with Crippen LogP contribution in [0, 0.1) is 16.2 Å². The van der Waals surface area contributed by atoms with E-state index in [1.54, 1.807) is 0 Å². The Labute approximate surface area is 245 Å². The van der Waals surface area contributed by atoms with Gasteiger partial charge in [-0.2, -0.15) is 0 Å². The third-order valence-corrected chi connectivity index (χ3v) is 8.07. The molecule has 4 aliphatic rings. The predicted octanol–water partition coefficient (Wildman–Crippen LogP) is 4.76. The lowest BCUT2D eigenvalue weighted by Crippen LogP contribution is -2.49. The van der Waals surface area contributed by atoms with Gasteiger partial charge < -0.3 is 24.5 Å². The molecule has 0 aromatic carbocycles. The zero-order chi connectivity index (χ0) is 29.3. The minimum absolute atomic E-state index is 0.453. The normalized spacial score (nSPS) is 24.1. The Morgan fingerprint density at radius 3 is 1.08 bits per heavy atom.